The molecule has 0 aromatic heterocycles. The molecule has 1 aromatic rings. The van der Waals surface area contributed by atoms with E-state index in [1.165, 1.54) is 0 Å². The Balaban J connectivity index is 2.23. The van der Waals surface area contributed by atoms with Gasteiger partial charge in [0.15, 0.2) is 0 Å². The van der Waals surface area contributed by atoms with Crippen molar-refractivity contribution >= 4 is 15.7 Å². The van der Waals surface area contributed by atoms with Crippen LogP contribution >= 0.6 is 0 Å². The molecule has 0 spiro atoms. The molecular formula is C17H28N2O3S. The monoisotopic (exact) mass is 340 g/mol. The van der Waals surface area contributed by atoms with Crippen LogP contribution in [-0.4, -0.2) is 53.1 Å². The number of hydrogen-bond donors (Lipinski definition) is 0. The van der Waals surface area contributed by atoms with Crippen molar-refractivity contribution in [2.75, 3.05) is 33.2 Å². The van der Waals surface area contributed by atoms with Gasteiger partial charge in [-0.3, -0.25) is 0 Å². The summed E-state index contributed by atoms with van der Waals surface area (Å²) >= 11 is 0. The summed E-state index contributed by atoms with van der Waals surface area (Å²) < 4.78 is 32.8. The van der Waals surface area contributed by atoms with Gasteiger partial charge in [0.05, 0.1) is 11.0 Å². The van der Waals surface area contributed by atoms with E-state index in [0.29, 0.717) is 4.90 Å². The summed E-state index contributed by atoms with van der Waals surface area (Å²) in [4.78, 5) is 2.31. The van der Waals surface area contributed by atoms with E-state index in [0.717, 1.165) is 36.9 Å². The maximum atomic E-state index is 12.9. The number of sulfonamides is 1. The molecule has 6 heteroatoms. The summed E-state index contributed by atoms with van der Waals surface area (Å²) in [5.41, 5.74) is 2.00. The van der Waals surface area contributed by atoms with Gasteiger partial charge in [-0.15, -0.1) is 0 Å². The van der Waals surface area contributed by atoms with Crippen molar-refractivity contribution in [1.29, 1.82) is 0 Å². The number of ether oxygens (including phenoxy) is 1. The Morgan fingerprint density at radius 2 is 1.70 bits per heavy atom. The zero-order valence-electron chi connectivity index (χ0n) is 14.7. The summed E-state index contributed by atoms with van der Waals surface area (Å²) in [5, 5.41) is 0. The third-order valence-electron chi connectivity index (χ3n) is 4.83. The van der Waals surface area contributed by atoms with Crippen molar-refractivity contribution < 1.29 is 13.2 Å². The molecule has 1 aromatic carbocycles. The first-order valence-electron chi connectivity index (χ1n) is 8.06. The van der Waals surface area contributed by atoms with Crippen LogP contribution in [0.1, 0.15) is 31.2 Å². The molecule has 1 aliphatic carbocycles. The van der Waals surface area contributed by atoms with Gasteiger partial charge >= 0.3 is 0 Å². The van der Waals surface area contributed by atoms with Gasteiger partial charge in [0, 0.05) is 40.0 Å². The lowest BCUT2D eigenvalue weighted by atomic mass is 9.93. The number of aryl methyl sites for hydroxylation is 1. The number of anilines is 1. The van der Waals surface area contributed by atoms with Crippen LogP contribution in [0.5, 0.6) is 0 Å². The van der Waals surface area contributed by atoms with Crippen LogP contribution in [0.2, 0.25) is 0 Å². The van der Waals surface area contributed by atoms with Gasteiger partial charge in [-0.05, 0) is 50.3 Å². The average Bonchev–Trinajstić information content (AvgIpc) is 2.54. The third kappa shape index (κ3) is 3.87. The Morgan fingerprint density at radius 3 is 2.22 bits per heavy atom. The largest absolute Gasteiger partial charge is 0.381 e. The summed E-state index contributed by atoms with van der Waals surface area (Å²) in [6, 6.07) is 5.39. The maximum Gasteiger partial charge on any atom is 0.243 e. The van der Waals surface area contributed by atoms with Gasteiger partial charge in [0.2, 0.25) is 10.0 Å². The minimum Gasteiger partial charge on any atom is -0.381 e. The van der Waals surface area contributed by atoms with Crippen LogP contribution in [-0.2, 0) is 14.8 Å². The van der Waals surface area contributed by atoms with Gasteiger partial charge in [-0.25, -0.2) is 8.42 Å². The number of nitrogens with zero attached hydrogens (tertiary/aromatic N) is 2. The number of hydrogen-bond acceptors (Lipinski definition) is 4. The fourth-order valence-corrected chi connectivity index (χ4v) is 4.67. The molecule has 1 saturated carbocycles. The molecule has 0 amide bonds. The van der Waals surface area contributed by atoms with Gasteiger partial charge < -0.3 is 9.64 Å². The lowest BCUT2D eigenvalue weighted by molar-refractivity contribution is 0.0553. The highest BCUT2D eigenvalue weighted by Gasteiger charge is 2.31. The Bertz CT molecular complexity index is 635. The normalized spacial score (nSPS) is 22.3. The van der Waals surface area contributed by atoms with Crippen LogP contribution in [0.25, 0.3) is 0 Å². The van der Waals surface area contributed by atoms with Gasteiger partial charge in [0.25, 0.3) is 0 Å². The quantitative estimate of drug-likeness (QED) is 0.827. The number of rotatable bonds is 5. The lowest BCUT2D eigenvalue weighted by Crippen LogP contribution is -2.40. The molecule has 0 atom stereocenters. The first-order chi connectivity index (χ1) is 10.8. The number of methoxy groups -OCH3 is 1. The lowest BCUT2D eigenvalue weighted by Gasteiger charge is -2.33. The number of benzene rings is 1. The summed E-state index contributed by atoms with van der Waals surface area (Å²) in [5.74, 6) is 0. The molecule has 1 fully saturated rings. The van der Waals surface area contributed by atoms with Crippen molar-refractivity contribution in [2.45, 2.75) is 49.6 Å². The Labute approximate surface area is 140 Å². The molecule has 0 heterocycles. The van der Waals surface area contributed by atoms with Gasteiger partial charge in [-0.2, -0.15) is 4.31 Å². The van der Waals surface area contributed by atoms with Gasteiger partial charge in [0.1, 0.15) is 0 Å². The molecule has 0 aliphatic heterocycles. The second-order valence-corrected chi connectivity index (χ2v) is 8.53. The van der Waals surface area contributed by atoms with Crippen LogP contribution < -0.4 is 4.90 Å². The molecule has 0 bridgehead atoms. The van der Waals surface area contributed by atoms with Crippen molar-refractivity contribution in [3.8, 4) is 0 Å². The minimum absolute atomic E-state index is 0.0514. The summed E-state index contributed by atoms with van der Waals surface area (Å²) in [7, 11) is 3.80. The molecule has 0 unspecified atom stereocenters. The first kappa shape index (κ1) is 18.2. The highest BCUT2D eigenvalue weighted by molar-refractivity contribution is 7.89. The van der Waals surface area contributed by atoms with E-state index < -0.39 is 10.0 Å². The molecule has 0 N–H and O–H groups in total. The molecule has 0 radical (unpaired) electrons. The molecule has 1 aliphatic rings. The van der Waals surface area contributed by atoms with E-state index in [2.05, 4.69) is 0 Å². The Morgan fingerprint density at radius 1 is 1.09 bits per heavy atom. The standard InChI is InChI=1S/C17H28N2O3S/c1-13-6-11-16(12-17(13)18(2)3)23(20,21)19(4)14-7-9-15(22-5)10-8-14/h6,11-12,14-15H,7-10H2,1-5H3. The fourth-order valence-electron chi connectivity index (χ4n) is 3.24. The van der Waals surface area contributed by atoms with Crippen molar-refractivity contribution in [2.24, 2.45) is 0 Å². The predicted octanol–water partition coefficient (Wildman–Crippen LogP) is 2.64. The van der Waals surface area contributed by atoms with E-state index in [9.17, 15) is 8.42 Å². The van der Waals surface area contributed by atoms with E-state index in [1.807, 2.05) is 32.0 Å². The van der Waals surface area contributed by atoms with Gasteiger partial charge in [-0.1, -0.05) is 6.07 Å². The molecule has 130 valence electrons. The van der Waals surface area contributed by atoms with E-state index in [1.54, 1.807) is 30.6 Å². The molecule has 5 nitrogen and oxygen atoms in total. The minimum atomic E-state index is -3.47. The van der Waals surface area contributed by atoms with Crippen molar-refractivity contribution in [3.63, 3.8) is 0 Å². The zero-order valence-corrected chi connectivity index (χ0v) is 15.6. The molecule has 23 heavy (non-hydrogen) atoms. The second kappa shape index (κ2) is 7.20. The van der Waals surface area contributed by atoms with Crippen LogP contribution in [0.4, 0.5) is 5.69 Å². The highest BCUT2D eigenvalue weighted by Crippen LogP contribution is 2.29. The Kier molecular flexibility index (Phi) is 5.70. The van der Waals surface area contributed by atoms with Crippen molar-refractivity contribution in [3.05, 3.63) is 23.8 Å². The zero-order chi connectivity index (χ0) is 17.2. The average molecular weight is 340 g/mol. The van der Waals surface area contributed by atoms with E-state index in [-0.39, 0.29) is 12.1 Å². The third-order valence-corrected chi connectivity index (χ3v) is 6.74. The van der Waals surface area contributed by atoms with Crippen LogP contribution in [0.15, 0.2) is 23.1 Å². The van der Waals surface area contributed by atoms with Crippen molar-refractivity contribution in [1.82, 2.24) is 4.31 Å². The molecular weight excluding hydrogens is 312 g/mol. The maximum absolute atomic E-state index is 12.9. The summed E-state index contributed by atoms with van der Waals surface area (Å²) in [6.07, 6.45) is 3.79. The summed E-state index contributed by atoms with van der Waals surface area (Å²) in [6.45, 7) is 1.99. The topological polar surface area (TPSA) is 49.9 Å². The first-order valence-corrected chi connectivity index (χ1v) is 9.50. The smallest absolute Gasteiger partial charge is 0.243 e. The Hall–Kier alpha value is -1.11. The van der Waals surface area contributed by atoms with E-state index >= 15 is 0 Å². The fraction of sp³-hybridized carbons (Fsp3) is 0.647. The molecule has 2 rings (SSSR count). The molecule has 0 saturated heterocycles. The van der Waals surface area contributed by atoms with Crippen LogP contribution in [0, 0.1) is 6.92 Å². The van der Waals surface area contributed by atoms with Crippen LogP contribution in [0.3, 0.4) is 0 Å². The predicted molar refractivity (Wildman–Crippen MR) is 93.5 cm³/mol. The highest BCUT2D eigenvalue weighted by atomic mass is 32.2. The SMILES string of the molecule is COC1CCC(N(C)S(=O)(=O)c2ccc(C)c(N(C)C)c2)CC1. The second-order valence-electron chi connectivity index (χ2n) is 6.53. The van der Waals surface area contributed by atoms with E-state index in [4.69, 9.17) is 4.74 Å².